The highest BCUT2D eigenvalue weighted by Crippen LogP contribution is 2.54. The predicted octanol–water partition coefficient (Wildman–Crippen LogP) is 6.57. The lowest BCUT2D eigenvalue weighted by Gasteiger charge is -2.24. The summed E-state index contributed by atoms with van der Waals surface area (Å²) in [4.78, 5) is 15.5. The summed E-state index contributed by atoms with van der Waals surface area (Å²) in [6, 6.07) is 0. The Balaban J connectivity index is 3.67. The fraction of sp³-hybridized carbons (Fsp3) is 0.400. The maximum atomic E-state index is 12.5. The van der Waals surface area contributed by atoms with Crippen molar-refractivity contribution in [3.8, 4) is 0 Å². The van der Waals surface area contributed by atoms with Gasteiger partial charge in [-0.3, -0.25) is 9.59 Å². The smallest absolute Gasteiger partial charge is 0.287 e. The summed E-state index contributed by atoms with van der Waals surface area (Å²) in [5.41, 5.74) is -22.1. The predicted molar refractivity (Wildman–Crippen MR) is 78.6 cm³/mol. The molecule has 0 spiro atoms. The van der Waals surface area contributed by atoms with Crippen molar-refractivity contribution in [3.63, 3.8) is 0 Å². The molecule has 0 bridgehead atoms. The molecular formula is C10F12O2S4. The lowest BCUT2D eigenvalue weighted by molar-refractivity contribution is -0.115. The topological polar surface area (TPSA) is 34.1 Å². The van der Waals surface area contributed by atoms with Crippen LogP contribution in [-0.4, -0.2) is 33.6 Å². The zero-order valence-corrected chi connectivity index (χ0v) is 15.3. The van der Waals surface area contributed by atoms with Crippen molar-refractivity contribution >= 4 is 58.6 Å². The van der Waals surface area contributed by atoms with Gasteiger partial charge in [0, 0.05) is 0 Å². The van der Waals surface area contributed by atoms with Crippen LogP contribution in [-0.2, 0) is 9.59 Å². The van der Waals surface area contributed by atoms with E-state index in [0.717, 1.165) is 0 Å². The summed E-state index contributed by atoms with van der Waals surface area (Å²) < 4.78 is 150. The Labute approximate surface area is 162 Å². The molecule has 0 atom stereocenters. The molecule has 0 heterocycles. The molecule has 28 heavy (non-hydrogen) atoms. The molecule has 0 unspecified atom stereocenters. The van der Waals surface area contributed by atoms with Gasteiger partial charge in [-0.05, 0) is 47.0 Å². The molecule has 1 aliphatic rings. The van der Waals surface area contributed by atoms with E-state index in [9.17, 15) is 62.3 Å². The second-order valence-electron chi connectivity index (χ2n) is 4.17. The Kier molecular flexibility index (Phi) is 7.49. The third-order valence-electron chi connectivity index (χ3n) is 2.11. The van der Waals surface area contributed by atoms with Gasteiger partial charge in [0.15, 0.2) is 0 Å². The van der Waals surface area contributed by atoms with Crippen molar-refractivity contribution < 1.29 is 62.3 Å². The average Bonchev–Trinajstić information content (AvgIpc) is 2.39. The highest BCUT2D eigenvalue weighted by molar-refractivity contribution is 8.11. The minimum atomic E-state index is -5.52. The highest BCUT2D eigenvalue weighted by atomic mass is 32.2. The molecule has 0 aromatic carbocycles. The van der Waals surface area contributed by atoms with Crippen LogP contribution in [0, 0.1) is 0 Å². The Hall–Kier alpha value is -0.620. The van der Waals surface area contributed by atoms with Gasteiger partial charge in [-0.25, -0.2) is 0 Å². The lowest BCUT2D eigenvalue weighted by Crippen LogP contribution is -2.25. The summed E-state index contributed by atoms with van der Waals surface area (Å²) >= 11 is -6.52. The van der Waals surface area contributed by atoms with Gasteiger partial charge in [0.25, 0.3) is 0 Å². The van der Waals surface area contributed by atoms with Crippen LogP contribution >= 0.6 is 47.0 Å². The SMILES string of the molecule is O=C1C(SC(F)(F)F)=C(SC(F)(F)F)C(=O)C(SC(F)(F)F)=C1SC(F)(F)F. The third-order valence-corrected chi connectivity index (χ3v) is 5.67. The van der Waals surface area contributed by atoms with Crippen LogP contribution in [0.5, 0.6) is 0 Å². The maximum absolute atomic E-state index is 12.5. The molecule has 1 aliphatic carbocycles. The molecule has 18 heteroatoms. The zero-order valence-electron chi connectivity index (χ0n) is 12.0. The van der Waals surface area contributed by atoms with Gasteiger partial charge in [-0.2, -0.15) is 52.7 Å². The largest absolute Gasteiger partial charge is 0.446 e. The lowest BCUT2D eigenvalue weighted by atomic mass is 10.1. The molecule has 2 nitrogen and oxygen atoms in total. The molecule has 0 aromatic heterocycles. The number of thioether (sulfide) groups is 4. The standard InChI is InChI=1S/C10F12O2S4/c11-7(12,13)25-3-1(23)4(26-8(14,15)16)6(28-10(20,21)22)2(24)5(3)27-9(17,18)19. The summed E-state index contributed by atoms with van der Waals surface area (Å²) in [5.74, 6) is -4.86. The number of Topliss-reactive ketones (excluding diaryl/α,β-unsaturated/α-hetero) is 2. The van der Waals surface area contributed by atoms with E-state index < -0.39 is 100 Å². The Bertz CT molecular complexity index is 607. The van der Waals surface area contributed by atoms with Crippen molar-refractivity contribution in [3.05, 3.63) is 19.6 Å². The van der Waals surface area contributed by atoms with Gasteiger partial charge in [-0.1, -0.05) is 0 Å². The van der Waals surface area contributed by atoms with Crippen LogP contribution in [0.15, 0.2) is 19.6 Å². The van der Waals surface area contributed by atoms with Crippen LogP contribution in [0.2, 0.25) is 0 Å². The number of rotatable bonds is 4. The Morgan fingerprint density at radius 3 is 0.643 bits per heavy atom. The number of carbonyl (C=O) groups excluding carboxylic acids is 2. The van der Waals surface area contributed by atoms with Crippen molar-refractivity contribution in [1.29, 1.82) is 0 Å². The van der Waals surface area contributed by atoms with E-state index >= 15 is 0 Å². The molecule has 1 rings (SSSR count). The molecule has 0 N–H and O–H groups in total. The first-order chi connectivity index (χ1) is 12.2. The fourth-order valence-electron chi connectivity index (χ4n) is 1.45. The third kappa shape index (κ3) is 8.02. The Morgan fingerprint density at radius 1 is 0.393 bits per heavy atom. The molecule has 0 radical (unpaired) electrons. The van der Waals surface area contributed by atoms with Gasteiger partial charge in [0.1, 0.15) is 0 Å². The quantitative estimate of drug-likeness (QED) is 0.316. The van der Waals surface area contributed by atoms with E-state index in [0.29, 0.717) is 0 Å². The first-order valence-corrected chi connectivity index (χ1v) is 9.08. The van der Waals surface area contributed by atoms with Gasteiger partial charge >= 0.3 is 22.0 Å². The second kappa shape index (κ2) is 8.25. The van der Waals surface area contributed by atoms with E-state index in [4.69, 9.17) is 0 Å². The van der Waals surface area contributed by atoms with E-state index in [1.807, 2.05) is 0 Å². The zero-order chi connectivity index (χ0) is 22.3. The molecule has 0 saturated carbocycles. The second-order valence-corrected chi connectivity index (χ2v) is 8.47. The maximum Gasteiger partial charge on any atom is 0.446 e. The van der Waals surface area contributed by atoms with Crippen molar-refractivity contribution in [2.45, 2.75) is 22.0 Å². The fourth-order valence-corrected chi connectivity index (χ4v) is 4.53. The van der Waals surface area contributed by atoms with Gasteiger partial charge in [0.2, 0.25) is 11.6 Å². The molecule has 0 fully saturated rings. The number of alkyl halides is 12. The first kappa shape index (κ1) is 25.4. The van der Waals surface area contributed by atoms with Crippen molar-refractivity contribution in [2.24, 2.45) is 0 Å². The van der Waals surface area contributed by atoms with E-state index in [1.54, 1.807) is 0 Å². The van der Waals surface area contributed by atoms with E-state index in [-0.39, 0.29) is 0 Å². The van der Waals surface area contributed by atoms with Gasteiger partial charge in [-0.15, -0.1) is 0 Å². The number of allylic oxidation sites excluding steroid dienone is 4. The van der Waals surface area contributed by atoms with Crippen LogP contribution in [0.25, 0.3) is 0 Å². The molecular weight excluding hydrogens is 508 g/mol. The molecule has 0 saturated heterocycles. The van der Waals surface area contributed by atoms with Crippen LogP contribution < -0.4 is 0 Å². The Morgan fingerprint density at radius 2 is 0.536 bits per heavy atom. The molecule has 0 aliphatic heterocycles. The molecule has 0 amide bonds. The number of carbonyl (C=O) groups is 2. The summed E-state index contributed by atoms with van der Waals surface area (Å²) in [5, 5.41) is 0. The van der Waals surface area contributed by atoms with E-state index in [2.05, 4.69) is 0 Å². The minimum Gasteiger partial charge on any atom is -0.287 e. The number of halogens is 12. The van der Waals surface area contributed by atoms with Crippen LogP contribution in [0.4, 0.5) is 52.7 Å². The number of hydrogen-bond acceptors (Lipinski definition) is 6. The minimum absolute atomic E-state index is 1.63. The summed E-state index contributed by atoms with van der Waals surface area (Å²) in [6.07, 6.45) is 0. The van der Waals surface area contributed by atoms with Crippen molar-refractivity contribution in [2.75, 3.05) is 0 Å². The van der Waals surface area contributed by atoms with Crippen LogP contribution in [0.3, 0.4) is 0 Å². The summed E-state index contributed by atoms with van der Waals surface area (Å²) in [6.45, 7) is 0. The normalized spacial score (nSPS) is 17.7. The number of hydrogen-bond donors (Lipinski definition) is 0. The molecule has 0 aromatic rings. The molecule has 160 valence electrons. The number of ketones is 2. The average molecular weight is 508 g/mol. The van der Waals surface area contributed by atoms with E-state index in [1.165, 1.54) is 0 Å². The monoisotopic (exact) mass is 508 g/mol. The summed E-state index contributed by atoms with van der Waals surface area (Å²) in [7, 11) is 0. The first-order valence-electron chi connectivity index (χ1n) is 5.81. The highest BCUT2D eigenvalue weighted by Gasteiger charge is 2.50. The van der Waals surface area contributed by atoms with Crippen LogP contribution in [0.1, 0.15) is 0 Å². The van der Waals surface area contributed by atoms with Gasteiger partial charge < -0.3 is 0 Å². The van der Waals surface area contributed by atoms with Gasteiger partial charge in [0.05, 0.1) is 19.6 Å². The van der Waals surface area contributed by atoms with Crippen molar-refractivity contribution in [1.82, 2.24) is 0 Å².